The minimum absolute atomic E-state index is 0.0654. The Kier molecular flexibility index (Phi) is 7.23. The maximum atomic E-state index is 11.9. The Morgan fingerprint density at radius 3 is 2.07 bits per heavy atom. The van der Waals surface area contributed by atoms with Crippen molar-refractivity contribution in [2.45, 2.75) is 30.1 Å². The van der Waals surface area contributed by atoms with Crippen molar-refractivity contribution in [2.75, 3.05) is 23.7 Å². The van der Waals surface area contributed by atoms with Crippen molar-refractivity contribution in [3.63, 3.8) is 0 Å². The summed E-state index contributed by atoms with van der Waals surface area (Å²) in [4.78, 5) is 21.2. The van der Waals surface area contributed by atoms with Crippen molar-refractivity contribution in [1.29, 1.82) is 0 Å². The second-order valence-electron chi connectivity index (χ2n) is 6.56. The molecule has 144 valence electrons. The van der Waals surface area contributed by atoms with Gasteiger partial charge < -0.3 is 15.5 Å². The van der Waals surface area contributed by atoms with Crippen LogP contribution in [-0.2, 0) is 9.63 Å². The number of rotatable bonds is 3. The number of fused-ring (bicyclic) bond motifs is 2. The summed E-state index contributed by atoms with van der Waals surface area (Å²) < 4.78 is 0. The lowest BCUT2D eigenvalue weighted by Gasteiger charge is -2.19. The smallest absolute Gasteiger partial charge is 0.326 e. The van der Waals surface area contributed by atoms with E-state index in [1.807, 2.05) is 0 Å². The fourth-order valence-electron chi connectivity index (χ4n) is 2.83. The van der Waals surface area contributed by atoms with Crippen LogP contribution in [0.3, 0.4) is 0 Å². The number of carbonyl (C=O) groups is 1. The number of aryl methyl sites for hydroxylation is 2. The maximum absolute atomic E-state index is 11.9. The molecule has 3 N–H and O–H groups in total. The second kappa shape index (κ2) is 9.64. The van der Waals surface area contributed by atoms with E-state index in [2.05, 4.69) is 78.6 Å². The van der Waals surface area contributed by atoms with Crippen LogP contribution in [0.5, 0.6) is 0 Å². The largest absolute Gasteiger partial charge is 0.384 e. The van der Waals surface area contributed by atoms with E-state index in [0.717, 1.165) is 11.4 Å². The first-order valence-corrected chi connectivity index (χ1v) is 11.3. The lowest BCUT2D eigenvalue weighted by molar-refractivity contribution is -0.147. The molecule has 0 atom stereocenters. The van der Waals surface area contributed by atoms with Crippen LogP contribution in [0.4, 0.5) is 11.4 Å². The molecule has 3 rings (SSSR count). The minimum atomic E-state index is -0.328. The highest BCUT2D eigenvalue weighted by molar-refractivity contribution is 8.76. The Bertz CT molecular complexity index is 759. The van der Waals surface area contributed by atoms with Gasteiger partial charge in [-0.05, 0) is 49.2 Å². The first-order valence-electron chi connectivity index (χ1n) is 8.67. The summed E-state index contributed by atoms with van der Waals surface area (Å²) in [6.45, 7) is 5.52. The third-order valence-corrected chi connectivity index (χ3v) is 6.81. The molecule has 0 aromatic heterocycles. The van der Waals surface area contributed by atoms with Gasteiger partial charge >= 0.3 is 5.97 Å². The van der Waals surface area contributed by atoms with Gasteiger partial charge in [-0.3, -0.25) is 4.79 Å². The SMILES string of the molecule is Cc1ccc2c(c1)SSc1cc(C)ccc1NCC(CC(=O)ONS)CN2. The van der Waals surface area contributed by atoms with Crippen LogP contribution in [-0.4, -0.2) is 19.1 Å². The molecule has 8 heteroatoms. The zero-order valence-electron chi connectivity index (χ0n) is 15.2. The van der Waals surface area contributed by atoms with Gasteiger partial charge in [0.05, 0.1) is 6.42 Å². The van der Waals surface area contributed by atoms with Gasteiger partial charge in [0.2, 0.25) is 0 Å². The van der Waals surface area contributed by atoms with Crippen LogP contribution >= 0.6 is 34.4 Å². The number of benzene rings is 2. The van der Waals surface area contributed by atoms with Crippen molar-refractivity contribution < 1.29 is 9.63 Å². The van der Waals surface area contributed by atoms with Gasteiger partial charge in [0.1, 0.15) is 0 Å². The minimum Gasteiger partial charge on any atom is -0.384 e. The predicted molar refractivity (Wildman–Crippen MR) is 117 cm³/mol. The van der Waals surface area contributed by atoms with Crippen LogP contribution in [0.15, 0.2) is 46.2 Å². The van der Waals surface area contributed by atoms with Crippen LogP contribution in [0, 0.1) is 19.8 Å². The standard InChI is InChI=1S/C19H23N3O2S3/c1-12-3-5-15-17(7-12)26-27-18-8-13(2)4-6-16(18)21-11-14(10-20-15)9-19(23)24-22-25/h3-8,14,20-22,25H,9-11H2,1-2H3. The lowest BCUT2D eigenvalue weighted by atomic mass is 10.0. The van der Waals surface area contributed by atoms with E-state index in [-0.39, 0.29) is 18.3 Å². The first-order chi connectivity index (χ1) is 13.0. The van der Waals surface area contributed by atoms with E-state index in [4.69, 9.17) is 4.84 Å². The zero-order chi connectivity index (χ0) is 19.2. The molecule has 1 heterocycles. The summed E-state index contributed by atoms with van der Waals surface area (Å²) in [5.41, 5.74) is 4.61. The highest BCUT2D eigenvalue weighted by Crippen LogP contribution is 2.44. The fraction of sp³-hybridized carbons (Fsp3) is 0.316. The highest BCUT2D eigenvalue weighted by atomic mass is 33.1. The fourth-order valence-corrected chi connectivity index (χ4v) is 5.41. The third-order valence-electron chi connectivity index (χ3n) is 4.27. The number of hydrogen-bond acceptors (Lipinski definition) is 8. The number of hydrogen-bond donors (Lipinski definition) is 4. The molecule has 0 fully saturated rings. The van der Waals surface area contributed by atoms with Gasteiger partial charge in [-0.25, -0.2) is 0 Å². The average molecular weight is 422 g/mol. The van der Waals surface area contributed by atoms with Crippen molar-refractivity contribution in [3.05, 3.63) is 47.5 Å². The van der Waals surface area contributed by atoms with Crippen LogP contribution in [0.1, 0.15) is 17.5 Å². The van der Waals surface area contributed by atoms with Crippen molar-refractivity contribution in [1.82, 2.24) is 4.89 Å². The molecule has 0 saturated carbocycles. The van der Waals surface area contributed by atoms with Crippen LogP contribution in [0.2, 0.25) is 0 Å². The van der Waals surface area contributed by atoms with Gasteiger partial charge in [-0.15, -0.1) is 0 Å². The van der Waals surface area contributed by atoms with E-state index in [0.29, 0.717) is 13.1 Å². The van der Waals surface area contributed by atoms with E-state index in [1.165, 1.54) is 20.9 Å². The summed E-state index contributed by atoms with van der Waals surface area (Å²) >= 11 is 3.73. The summed E-state index contributed by atoms with van der Waals surface area (Å²) in [7, 11) is 3.49. The van der Waals surface area contributed by atoms with Crippen molar-refractivity contribution in [3.8, 4) is 0 Å². The molecule has 27 heavy (non-hydrogen) atoms. The predicted octanol–water partition coefficient (Wildman–Crippen LogP) is 4.84. The summed E-state index contributed by atoms with van der Waals surface area (Å²) in [5, 5.41) is 7.00. The van der Waals surface area contributed by atoms with Crippen molar-refractivity contribution in [2.24, 2.45) is 5.92 Å². The topological polar surface area (TPSA) is 62.4 Å². The van der Waals surface area contributed by atoms with E-state index >= 15 is 0 Å². The molecule has 0 unspecified atom stereocenters. The third kappa shape index (κ3) is 5.75. The molecule has 2 aromatic carbocycles. The number of anilines is 2. The van der Waals surface area contributed by atoms with Gasteiger partial charge in [-0.2, -0.15) is 0 Å². The zero-order valence-corrected chi connectivity index (χ0v) is 17.8. The Labute approximate surface area is 173 Å². The van der Waals surface area contributed by atoms with Gasteiger partial charge in [-0.1, -0.05) is 51.4 Å². The molecule has 0 bridgehead atoms. The molecule has 2 aromatic rings. The molecule has 1 aliphatic heterocycles. The summed E-state index contributed by atoms with van der Waals surface area (Å²) in [6, 6.07) is 12.8. The summed E-state index contributed by atoms with van der Waals surface area (Å²) in [6.07, 6.45) is 0.288. The first kappa shape index (κ1) is 20.3. The van der Waals surface area contributed by atoms with E-state index < -0.39 is 0 Å². The molecule has 5 nitrogen and oxygen atoms in total. The molecule has 0 saturated heterocycles. The van der Waals surface area contributed by atoms with E-state index in [1.54, 1.807) is 21.6 Å². The van der Waals surface area contributed by atoms with Crippen molar-refractivity contribution >= 4 is 51.7 Å². The lowest BCUT2D eigenvalue weighted by Crippen LogP contribution is -2.27. The monoisotopic (exact) mass is 421 g/mol. The van der Waals surface area contributed by atoms with Crippen LogP contribution in [0.25, 0.3) is 0 Å². The normalized spacial score (nSPS) is 14.8. The molecule has 0 aliphatic carbocycles. The quantitative estimate of drug-likeness (QED) is 0.321. The highest BCUT2D eigenvalue weighted by Gasteiger charge is 2.18. The number of thiol groups is 1. The number of nitrogens with one attached hydrogen (secondary N) is 3. The Morgan fingerprint density at radius 2 is 1.59 bits per heavy atom. The maximum Gasteiger partial charge on any atom is 0.326 e. The molecule has 0 spiro atoms. The summed E-state index contributed by atoms with van der Waals surface area (Å²) in [5.74, 6) is -0.263. The van der Waals surface area contributed by atoms with Gasteiger partial charge in [0.25, 0.3) is 0 Å². The molecular weight excluding hydrogens is 398 g/mol. The molecule has 0 radical (unpaired) electrons. The average Bonchev–Trinajstić information content (AvgIpc) is 2.66. The second-order valence-corrected chi connectivity index (χ2v) is 8.96. The molecule has 0 amide bonds. The Morgan fingerprint density at radius 1 is 1.07 bits per heavy atom. The molecular formula is C19H23N3O2S3. The Balaban J connectivity index is 1.89. The Hall–Kier alpha value is -1.48. The van der Waals surface area contributed by atoms with E-state index in [9.17, 15) is 4.79 Å². The number of carbonyl (C=O) groups excluding carboxylic acids is 1. The van der Waals surface area contributed by atoms with Gasteiger partial charge in [0, 0.05) is 40.2 Å². The molecule has 1 aliphatic rings. The van der Waals surface area contributed by atoms with Crippen LogP contribution < -0.4 is 15.5 Å². The van der Waals surface area contributed by atoms with Gasteiger partial charge in [0.15, 0.2) is 0 Å².